The molecule has 0 atom stereocenters. The van der Waals surface area contributed by atoms with Crippen molar-refractivity contribution in [3.63, 3.8) is 0 Å². The van der Waals surface area contributed by atoms with Crippen LogP contribution < -0.4 is 5.32 Å². The molecule has 23 heavy (non-hydrogen) atoms. The van der Waals surface area contributed by atoms with Crippen LogP contribution in [-0.2, 0) is 4.79 Å². The zero-order chi connectivity index (χ0) is 16.8. The molecule has 1 amide bonds. The maximum absolute atomic E-state index is 13.0. The summed E-state index contributed by atoms with van der Waals surface area (Å²) in [5, 5.41) is 7.32. The highest BCUT2D eigenvalue weighted by Gasteiger charge is 2.11. The Kier molecular flexibility index (Phi) is 5.68. The van der Waals surface area contributed by atoms with Crippen molar-refractivity contribution in [3.05, 3.63) is 53.1 Å². The standard InChI is InChI=1S/C18H22FN3O/c1-4-5-12-20-18(23)11-10-17-13(2)21-22(14(17)3)16-8-6-15(19)7-9-16/h6-11H,4-5,12H2,1-3H3,(H,20,23)/b11-10+. The van der Waals surface area contributed by atoms with E-state index >= 15 is 0 Å². The van der Waals surface area contributed by atoms with Crippen LogP contribution in [0.5, 0.6) is 0 Å². The molecule has 0 saturated heterocycles. The minimum atomic E-state index is -0.279. The molecule has 0 aliphatic heterocycles. The molecule has 2 rings (SSSR count). The van der Waals surface area contributed by atoms with Gasteiger partial charge in [0, 0.05) is 23.9 Å². The lowest BCUT2D eigenvalue weighted by Gasteiger charge is -2.04. The Hall–Kier alpha value is -2.43. The first kappa shape index (κ1) is 16.9. The molecule has 0 aliphatic rings. The Morgan fingerprint density at radius 1 is 1.30 bits per heavy atom. The number of aromatic nitrogens is 2. The van der Waals surface area contributed by atoms with Crippen molar-refractivity contribution >= 4 is 12.0 Å². The van der Waals surface area contributed by atoms with E-state index in [9.17, 15) is 9.18 Å². The molecule has 0 radical (unpaired) electrons. The average molecular weight is 315 g/mol. The molecule has 2 aromatic rings. The smallest absolute Gasteiger partial charge is 0.244 e. The van der Waals surface area contributed by atoms with Gasteiger partial charge in [-0.1, -0.05) is 13.3 Å². The third kappa shape index (κ3) is 4.28. The van der Waals surface area contributed by atoms with Gasteiger partial charge in [0.05, 0.1) is 11.4 Å². The molecular formula is C18H22FN3O. The number of amides is 1. The number of carbonyl (C=O) groups is 1. The Balaban J connectivity index is 2.17. The second-order valence-corrected chi connectivity index (χ2v) is 5.45. The Morgan fingerprint density at radius 2 is 2.00 bits per heavy atom. The molecule has 0 fully saturated rings. The number of benzene rings is 1. The van der Waals surface area contributed by atoms with E-state index in [-0.39, 0.29) is 11.7 Å². The van der Waals surface area contributed by atoms with Crippen molar-refractivity contribution in [1.29, 1.82) is 0 Å². The number of hydrogen-bond donors (Lipinski definition) is 1. The van der Waals surface area contributed by atoms with Crippen molar-refractivity contribution in [2.24, 2.45) is 0 Å². The second kappa shape index (κ2) is 7.72. The van der Waals surface area contributed by atoms with E-state index in [0.29, 0.717) is 6.54 Å². The molecule has 1 aromatic carbocycles. The van der Waals surface area contributed by atoms with E-state index < -0.39 is 0 Å². The van der Waals surface area contributed by atoms with Gasteiger partial charge in [-0.2, -0.15) is 5.10 Å². The Morgan fingerprint density at radius 3 is 2.65 bits per heavy atom. The summed E-state index contributed by atoms with van der Waals surface area (Å²) in [5.41, 5.74) is 3.43. The van der Waals surface area contributed by atoms with Crippen LogP contribution in [-0.4, -0.2) is 22.2 Å². The maximum atomic E-state index is 13.0. The van der Waals surface area contributed by atoms with Gasteiger partial charge in [0.1, 0.15) is 5.82 Å². The van der Waals surface area contributed by atoms with Crippen molar-refractivity contribution in [1.82, 2.24) is 15.1 Å². The lowest BCUT2D eigenvalue weighted by Crippen LogP contribution is -2.21. The largest absolute Gasteiger partial charge is 0.353 e. The van der Waals surface area contributed by atoms with Crippen molar-refractivity contribution in [2.75, 3.05) is 6.54 Å². The highest BCUT2D eigenvalue weighted by molar-refractivity contribution is 5.92. The van der Waals surface area contributed by atoms with E-state index in [1.54, 1.807) is 22.9 Å². The van der Waals surface area contributed by atoms with Crippen molar-refractivity contribution in [3.8, 4) is 5.69 Å². The zero-order valence-electron chi connectivity index (χ0n) is 13.8. The first-order valence-electron chi connectivity index (χ1n) is 7.81. The molecule has 5 heteroatoms. The fourth-order valence-electron chi connectivity index (χ4n) is 2.34. The van der Waals surface area contributed by atoms with Gasteiger partial charge in [0.2, 0.25) is 5.91 Å². The molecule has 0 saturated carbocycles. The summed E-state index contributed by atoms with van der Waals surface area (Å²) in [4.78, 5) is 11.8. The quantitative estimate of drug-likeness (QED) is 0.654. The molecule has 0 bridgehead atoms. The maximum Gasteiger partial charge on any atom is 0.244 e. The average Bonchev–Trinajstić information content (AvgIpc) is 2.81. The number of rotatable bonds is 6. The predicted molar refractivity (Wildman–Crippen MR) is 89.9 cm³/mol. The van der Waals surface area contributed by atoms with Gasteiger partial charge in [0.15, 0.2) is 0 Å². The molecule has 0 spiro atoms. The summed E-state index contributed by atoms with van der Waals surface area (Å²) in [5.74, 6) is -0.383. The van der Waals surface area contributed by atoms with Crippen LogP contribution in [0.1, 0.15) is 36.7 Å². The molecule has 1 N–H and O–H groups in total. The zero-order valence-corrected chi connectivity index (χ0v) is 13.8. The number of nitrogens with zero attached hydrogens (tertiary/aromatic N) is 2. The number of halogens is 1. The summed E-state index contributed by atoms with van der Waals surface area (Å²) < 4.78 is 14.8. The van der Waals surface area contributed by atoms with Crippen LogP contribution in [0.2, 0.25) is 0 Å². The van der Waals surface area contributed by atoms with E-state index in [2.05, 4.69) is 17.3 Å². The van der Waals surface area contributed by atoms with Gasteiger partial charge in [-0.25, -0.2) is 9.07 Å². The molecular weight excluding hydrogens is 293 g/mol. The SMILES string of the molecule is CCCCNC(=O)/C=C/c1c(C)nn(-c2ccc(F)cc2)c1C. The van der Waals surface area contributed by atoms with E-state index in [1.807, 2.05) is 13.8 Å². The lowest BCUT2D eigenvalue weighted by molar-refractivity contribution is -0.116. The van der Waals surface area contributed by atoms with Gasteiger partial charge in [0.25, 0.3) is 0 Å². The van der Waals surface area contributed by atoms with Gasteiger partial charge in [-0.3, -0.25) is 4.79 Å². The summed E-state index contributed by atoms with van der Waals surface area (Å²) in [6, 6.07) is 6.17. The molecule has 1 heterocycles. The van der Waals surface area contributed by atoms with Crippen molar-refractivity contribution < 1.29 is 9.18 Å². The Labute approximate surface area is 136 Å². The van der Waals surface area contributed by atoms with Crippen LogP contribution in [0, 0.1) is 19.7 Å². The number of unbranched alkanes of at least 4 members (excludes halogenated alkanes) is 1. The fourth-order valence-corrected chi connectivity index (χ4v) is 2.34. The molecule has 4 nitrogen and oxygen atoms in total. The number of aryl methyl sites for hydroxylation is 1. The highest BCUT2D eigenvalue weighted by Crippen LogP contribution is 2.19. The summed E-state index contributed by atoms with van der Waals surface area (Å²) in [6.45, 7) is 6.59. The fraction of sp³-hybridized carbons (Fsp3) is 0.333. The topological polar surface area (TPSA) is 46.9 Å². The van der Waals surface area contributed by atoms with Crippen LogP contribution in [0.15, 0.2) is 30.3 Å². The number of carbonyl (C=O) groups excluding carboxylic acids is 1. The third-order valence-corrected chi connectivity index (χ3v) is 3.65. The normalized spacial score (nSPS) is 11.1. The third-order valence-electron chi connectivity index (χ3n) is 3.65. The minimum absolute atomic E-state index is 0.105. The van der Waals surface area contributed by atoms with E-state index in [1.165, 1.54) is 18.2 Å². The molecule has 0 aliphatic carbocycles. The van der Waals surface area contributed by atoms with E-state index in [0.717, 1.165) is 35.5 Å². The first-order chi connectivity index (χ1) is 11.0. The van der Waals surface area contributed by atoms with Crippen LogP contribution in [0.3, 0.4) is 0 Å². The van der Waals surface area contributed by atoms with Crippen LogP contribution in [0.4, 0.5) is 4.39 Å². The number of hydrogen-bond acceptors (Lipinski definition) is 2. The van der Waals surface area contributed by atoms with Gasteiger partial charge in [-0.05, 0) is 50.6 Å². The monoisotopic (exact) mass is 315 g/mol. The van der Waals surface area contributed by atoms with Crippen molar-refractivity contribution in [2.45, 2.75) is 33.6 Å². The molecule has 0 unspecified atom stereocenters. The summed E-state index contributed by atoms with van der Waals surface area (Å²) >= 11 is 0. The number of nitrogens with one attached hydrogen (secondary N) is 1. The minimum Gasteiger partial charge on any atom is -0.353 e. The van der Waals surface area contributed by atoms with E-state index in [4.69, 9.17) is 0 Å². The second-order valence-electron chi connectivity index (χ2n) is 5.45. The summed E-state index contributed by atoms with van der Waals surface area (Å²) in [7, 11) is 0. The van der Waals surface area contributed by atoms with Crippen LogP contribution >= 0.6 is 0 Å². The molecule has 1 aromatic heterocycles. The Bertz CT molecular complexity index is 702. The van der Waals surface area contributed by atoms with Crippen LogP contribution in [0.25, 0.3) is 11.8 Å². The predicted octanol–water partition coefficient (Wildman–Crippen LogP) is 3.56. The highest BCUT2D eigenvalue weighted by atomic mass is 19.1. The summed E-state index contributed by atoms with van der Waals surface area (Å²) in [6.07, 6.45) is 5.33. The van der Waals surface area contributed by atoms with Gasteiger partial charge < -0.3 is 5.32 Å². The van der Waals surface area contributed by atoms with Gasteiger partial charge >= 0.3 is 0 Å². The first-order valence-corrected chi connectivity index (χ1v) is 7.81. The lowest BCUT2D eigenvalue weighted by atomic mass is 10.2. The van der Waals surface area contributed by atoms with Gasteiger partial charge in [-0.15, -0.1) is 0 Å². The molecule has 122 valence electrons.